The van der Waals surface area contributed by atoms with Gasteiger partial charge < -0.3 is 10.0 Å². The zero-order valence-electron chi connectivity index (χ0n) is 10.7. The predicted molar refractivity (Wildman–Crippen MR) is 74.6 cm³/mol. The second-order valence-corrected chi connectivity index (χ2v) is 4.71. The van der Waals surface area contributed by atoms with Crippen LogP contribution >= 0.6 is 0 Å². The number of nitrogens with zero attached hydrogens (tertiary/aromatic N) is 2. The fourth-order valence-corrected chi connectivity index (χ4v) is 2.44. The monoisotopic (exact) mass is 264 g/mol. The minimum Gasteiger partial charge on any atom is -0.508 e. The van der Waals surface area contributed by atoms with Crippen LogP contribution in [0.4, 0.5) is 5.69 Å². The molecule has 0 saturated heterocycles. The maximum absolute atomic E-state index is 12.5. The number of amides is 1. The van der Waals surface area contributed by atoms with Crippen LogP contribution in [0.5, 0.6) is 5.75 Å². The molecule has 4 nitrogen and oxygen atoms in total. The van der Waals surface area contributed by atoms with E-state index in [1.165, 1.54) is 6.07 Å². The average Bonchev–Trinajstić information content (AvgIpc) is 2.48. The molecule has 0 spiro atoms. The number of carbonyl (C=O) groups excluding carboxylic acids is 1. The van der Waals surface area contributed by atoms with Crippen LogP contribution in [0.15, 0.2) is 42.5 Å². The fraction of sp³-hybridized carbons (Fsp3) is 0.125. The molecule has 98 valence electrons. The van der Waals surface area contributed by atoms with Gasteiger partial charge in [-0.3, -0.25) is 4.79 Å². The Morgan fingerprint density at radius 1 is 1.15 bits per heavy atom. The third-order valence-corrected chi connectivity index (χ3v) is 3.48. The van der Waals surface area contributed by atoms with Gasteiger partial charge in [0.15, 0.2) is 0 Å². The highest BCUT2D eigenvalue weighted by atomic mass is 16.3. The Bertz CT molecular complexity index is 714. The Morgan fingerprint density at radius 3 is 2.60 bits per heavy atom. The van der Waals surface area contributed by atoms with E-state index in [1.807, 2.05) is 0 Å². The lowest BCUT2D eigenvalue weighted by Gasteiger charge is -2.28. The van der Waals surface area contributed by atoms with Crippen LogP contribution < -0.4 is 4.90 Å². The van der Waals surface area contributed by atoms with E-state index < -0.39 is 0 Å². The summed E-state index contributed by atoms with van der Waals surface area (Å²) in [5.74, 6) is 0.110. The first-order chi connectivity index (χ1) is 9.69. The largest absolute Gasteiger partial charge is 0.508 e. The van der Waals surface area contributed by atoms with Crippen molar-refractivity contribution in [1.29, 1.82) is 5.26 Å². The molecular weight excluding hydrogens is 252 g/mol. The summed E-state index contributed by atoms with van der Waals surface area (Å²) < 4.78 is 0. The van der Waals surface area contributed by atoms with E-state index in [0.29, 0.717) is 24.1 Å². The van der Waals surface area contributed by atoms with Crippen molar-refractivity contribution in [1.82, 2.24) is 0 Å². The van der Waals surface area contributed by atoms with Gasteiger partial charge in [0, 0.05) is 17.8 Å². The van der Waals surface area contributed by atoms with E-state index in [9.17, 15) is 9.90 Å². The molecule has 1 amide bonds. The maximum atomic E-state index is 12.5. The lowest BCUT2D eigenvalue weighted by molar-refractivity contribution is 0.0980. The Labute approximate surface area is 116 Å². The summed E-state index contributed by atoms with van der Waals surface area (Å²) in [4.78, 5) is 14.2. The van der Waals surface area contributed by atoms with Gasteiger partial charge in [-0.25, -0.2) is 0 Å². The van der Waals surface area contributed by atoms with Crippen LogP contribution in [0.25, 0.3) is 0 Å². The van der Waals surface area contributed by atoms with Gasteiger partial charge in [-0.2, -0.15) is 5.26 Å². The summed E-state index contributed by atoms with van der Waals surface area (Å²) in [5.41, 5.74) is 2.86. The number of carbonyl (C=O) groups is 1. The Kier molecular flexibility index (Phi) is 2.88. The quantitative estimate of drug-likeness (QED) is 0.860. The highest BCUT2D eigenvalue weighted by Crippen LogP contribution is 2.27. The number of anilines is 1. The fourth-order valence-electron chi connectivity index (χ4n) is 2.44. The highest BCUT2D eigenvalue weighted by Gasteiger charge is 2.25. The molecule has 0 bridgehead atoms. The molecular formula is C16H12N2O2. The summed E-state index contributed by atoms with van der Waals surface area (Å²) in [6.07, 6.45) is 0.704. The first kappa shape index (κ1) is 12.2. The summed E-state index contributed by atoms with van der Waals surface area (Å²) in [6.45, 7) is 0.571. The van der Waals surface area contributed by atoms with Crippen molar-refractivity contribution in [3.8, 4) is 11.8 Å². The van der Waals surface area contributed by atoms with Crippen molar-refractivity contribution in [2.24, 2.45) is 0 Å². The zero-order valence-corrected chi connectivity index (χ0v) is 10.7. The topological polar surface area (TPSA) is 64.3 Å². The van der Waals surface area contributed by atoms with Gasteiger partial charge in [-0.1, -0.05) is 0 Å². The molecule has 2 aromatic carbocycles. The summed E-state index contributed by atoms with van der Waals surface area (Å²) in [5, 5.41) is 18.3. The minimum absolute atomic E-state index is 0.0732. The predicted octanol–water partition coefficient (Wildman–Crippen LogP) is 2.47. The number of phenolic OH excluding ortho intramolecular Hbond substituents is 1. The Hall–Kier alpha value is -2.80. The van der Waals surface area contributed by atoms with E-state index >= 15 is 0 Å². The SMILES string of the molecule is N#Cc1ccc(N2CCc3cc(O)ccc3C2=O)cc1. The molecule has 0 fully saturated rings. The number of nitriles is 1. The molecule has 1 aliphatic rings. The number of phenols is 1. The third kappa shape index (κ3) is 1.99. The van der Waals surface area contributed by atoms with E-state index in [4.69, 9.17) is 5.26 Å². The standard InChI is InChI=1S/C16H12N2O2/c17-10-11-1-3-13(4-2-11)18-8-7-12-9-14(19)5-6-15(12)16(18)20/h1-6,9,19H,7-8H2. The lowest BCUT2D eigenvalue weighted by Crippen LogP contribution is -2.37. The van der Waals surface area contributed by atoms with Crippen LogP contribution in [0.2, 0.25) is 0 Å². The number of benzene rings is 2. The smallest absolute Gasteiger partial charge is 0.258 e. The van der Waals surface area contributed by atoms with Gasteiger partial charge in [0.1, 0.15) is 5.75 Å². The minimum atomic E-state index is -0.0732. The van der Waals surface area contributed by atoms with Gasteiger partial charge in [0.2, 0.25) is 0 Å². The molecule has 1 N–H and O–H groups in total. The zero-order chi connectivity index (χ0) is 14.1. The molecule has 0 radical (unpaired) electrons. The maximum Gasteiger partial charge on any atom is 0.258 e. The molecule has 2 aromatic rings. The van der Waals surface area contributed by atoms with Crippen LogP contribution in [-0.4, -0.2) is 17.6 Å². The summed E-state index contributed by atoms with van der Waals surface area (Å²) in [6, 6.07) is 13.8. The normalized spacial score (nSPS) is 13.8. The number of fused-ring (bicyclic) bond motifs is 1. The molecule has 0 aliphatic carbocycles. The van der Waals surface area contributed by atoms with Crippen molar-refractivity contribution in [2.75, 3.05) is 11.4 Å². The number of rotatable bonds is 1. The van der Waals surface area contributed by atoms with Crippen LogP contribution in [0.1, 0.15) is 21.5 Å². The molecule has 0 unspecified atom stereocenters. The number of hydrogen-bond donors (Lipinski definition) is 1. The van der Waals surface area contributed by atoms with E-state index in [-0.39, 0.29) is 11.7 Å². The summed E-state index contributed by atoms with van der Waals surface area (Å²) in [7, 11) is 0. The van der Waals surface area contributed by atoms with Gasteiger partial charge in [-0.15, -0.1) is 0 Å². The van der Waals surface area contributed by atoms with Crippen molar-refractivity contribution < 1.29 is 9.90 Å². The van der Waals surface area contributed by atoms with E-state index in [1.54, 1.807) is 41.3 Å². The Morgan fingerprint density at radius 2 is 1.90 bits per heavy atom. The Balaban J connectivity index is 1.95. The van der Waals surface area contributed by atoms with Crippen LogP contribution in [-0.2, 0) is 6.42 Å². The molecule has 1 aliphatic heterocycles. The average molecular weight is 264 g/mol. The van der Waals surface area contributed by atoms with E-state index in [2.05, 4.69) is 6.07 Å². The second-order valence-electron chi connectivity index (χ2n) is 4.71. The van der Waals surface area contributed by atoms with Crippen molar-refractivity contribution in [2.45, 2.75) is 6.42 Å². The summed E-state index contributed by atoms with van der Waals surface area (Å²) >= 11 is 0. The first-order valence-corrected chi connectivity index (χ1v) is 6.33. The third-order valence-electron chi connectivity index (χ3n) is 3.48. The molecule has 0 aromatic heterocycles. The van der Waals surface area contributed by atoms with Gasteiger partial charge >= 0.3 is 0 Å². The number of hydrogen-bond acceptors (Lipinski definition) is 3. The molecule has 1 heterocycles. The highest BCUT2D eigenvalue weighted by molar-refractivity contribution is 6.08. The van der Waals surface area contributed by atoms with Gasteiger partial charge in [-0.05, 0) is 54.4 Å². The van der Waals surface area contributed by atoms with Crippen molar-refractivity contribution in [3.63, 3.8) is 0 Å². The van der Waals surface area contributed by atoms with E-state index in [0.717, 1.165) is 11.3 Å². The van der Waals surface area contributed by atoms with Gasteiger partial charge in [0.05, 0.1) is 11.6 Å². The molecule has 0 atom stereocenters. The van der Waals surface area contributed by atoms with Crippen LogP contribution in [0, 0.1) is 11.3 Å². The van der Waals surface area contributed by atoms with Crippen molar-refractivity contribution in [3.05, 3.63) is 59.2 Å². The first-order valence-electron chi connectivity index (χ1n) is 6.33. The number of aromatic hydroxyl groups is 1. The van der Waals surface area contributed by atoms with Crippen molar-refractivity contribution >= 4 is 11.6 Å². The molecule has 3 rings (SSSR count). The second kappa shape index (κ2) is 4.71. The molecule has 4 heteroatoms. The van der Waals surface area contributed by atoms with Gasteiger partial charge in [0.25, 0.3) is 5.91 Å². The lowest BCUT2D eigenvalue weighted by atomic mass is 9.98. The molecule has 0 saturated carbocycles. The van der Waals surface area contributed by atoms with Crippen LogP contribution in [0.3, 0.4) is 0 Å². The molecule has 20 heavy (non-hydrogen) atoms.